The first kappa shape index (κ1) is 16.5. The Balaban J connectivity index is 0. The molecule has 0 aliphatic rings. The molecule has 0 bridgehead atoms. The molecule has 0 radical (unpaired) electrons. The summed E-state index contributed by atoms with van der Waals surface area (Å²) in [5, 5.41) is 22.9. The number of nitrogens with zero attached hydrogens (tertiary/aromatic N) is 17. The Hall–Kier alpha value is -3.97. The van der Waals surface area contributed by atoms with Crippen LogP contribution in [0.1, 0.15) is 0 Å². The molecule has 0 N–H and O–H groups in total. The molecule has 0 unspecified atom stereocenters. The molecule has 0 rings (SSSR count). The van der Waals surface area contributed by atoms with Crippen molar-refractivity contribution in [3.05, 3.63) is 57.3 Å². The van der Waals surface area contributed by atoms with Crippen molar-refractivity contribution in [1.29, 1.82) is 5.39 Å². The van der Waals surface area contributed by atoms with Crippen LogP contribution in [0.25, 0.3) is 57.3 Å². The number of diazo groups is 1. The van der Waals surface area contributed by atoms with Gasteiger partial charge in [-0.2, -0.15) is 0 Å². The third-order valence-corrected chi connectivity index (χ3v) is 0.906. The van der Waals surface area contributed by atoms with E-state index in [1.54, 1.807) is 0 Å². The van der Waals surface area contributed by atoms with Gasteiger partial charge in [-0.25, -0.2) is 0 Å². The molecule has 18 heteroatoms. The SMILES string of the molecule is N#[N+]N=[N+]=[N-].[N-]=[N+]=N[B-](N=[N+]=[N-])(N=[N+]=[N-])N=[N+]=[N-]. The molecule has 0 spiro atoms. The van der Waals surface area contributed by atoms with Gasteiger partial charge < -0.3 is 0 Å². The highest BCUT2D eigenvalue weighted by atomic mass is 15.4. The topological polar surface area (TPSA) is 272 Å². The third kappa shape index (κ3) is 7.44. The maximum absolute atomic E-state index is 8.01. The van der Waals surface area contributed by atoms with Crippen molar-refractivity contribution >= 4 is 6.69 Å². The Morgan fingerprint density at radius 3 is 1.11 bits per heavy atom. The van der Waals surface area contributed by atoms with Gasteiger partial charge in [-0.15, -0.1) is 0 Å². The van der Waals surface area contributed by atoms with Crippen molar-refractivity contribution in [2.24, 2.45) is 25.3 Å². The zero-order valence-corrected chi connectivity index (χ0v) is 8.18. The Morgan fingerprint density at radius 2 is 1.00 bits per heavy atom. The lowest BCUT2D eigenvalue weighted by molar-refractivity contribution is 1.27. The zero-order valence-electron chi connectivity index (χ0n) is 8.18. The van der Waals surface area contributed by atoms with Crippen LogP contribution in [0.2, 0.25) is 0 Å². The maximum Gasteiger partial charge on any atom is 0.374 e. The fourth-order valence-corrected chi connectivity index (χ4v) is 0.434. The predicted molar refractivity (Wildman–Crippen MR) is 56.6 cm³/mol. The highest BCUT2D eigenvalue weighted by molar-refractivity contribution is 6.72. The van der Waals surface area contributed by atoms with Crippen molar-refractivity contribution in [2.75, 3.05) is 0 Å². The van der Waals surface area contributed by atoms with E-state index in [2.05, 4.69) is 55.0 Å². The number of hydrogen-bond donors (Lipinski definition) is 0. The van der Waals surface area contributed by atoms with Crippen LogP contribution in [-0.4, -0.2) is 6.69 Å². The molecule has 0 aromatic rings. The highest BCUT2D eigenvalue weighted by Gasteiger charge is 2.16. The van der Waals surface area contributed by atoms with E-state index < -0.39 is 6.69 Å². The second-order valence-corrected chi connectivity index (χ2v) is 1.78. The van der Waals surface area contributed by atoms with E-state index in [1.807, 2.05) is 0 Å². The van der Waals surface area contributed by atoms with Crippen LogP contribution in [0.15, 0.2) is 25.3 Å². The summed E-state index contributed by atoms with van der Waals surface area (Å²) in [5.41, 5.74) is 39.3. The molecule has 0 atom stereocenters. The second-order valence-electron chi connectivity index (χ2n) is 1.78. The first-order valence-electron chi connectivity index (χ1n) is 3.43. The molecule has 0 aromatic carbocycles. The van der Waals surface area contributed by atoms with E-state index in [0.717, 1.165) is 0 Å². The molecule has 0 heterocycles. The van der Waals surface area contributed by atoms with E-state index in [0.29, 0.717) is 0 Å². The van der Waals surface area contributed by atoms with E-state index in [4.69, 9.17) is 33.0 Å². The lowest BCUT2D eigenvalue weighted by Gasteiger charge is -2.16. The van der Waals surface area contributed by atoms with Gasteiger partial charge in [0.05, 0.1) is 4.91 Å². The van der Waals surface area contributed by atoms with Crippen LogP contribution in [0.4, 0.5) is 0 Å². The average molecular weight is 249 g/mol. The zero-order chi connectivity index (χ0) is 14.3. The summed E-state index contributed by atoms with van der Waals surface area (Å²) in [6.45, 7) is -3.14. The summed E-state index contributed by atoms with van der Waals surface area (Å²) in [4.78, 5) is 11.0. The van der Waals surface area contributed by atoms with Gasteiger partial charge in [0.25, 0.3) is 0 Å². The average Bonchev–Trinajstić information content (AvgIpc) is 2.32. The van der Waals surface area contributed by atoms with Crippen LogP contribution in [0.3, 0.4) is 0 Å². The smallest absolute Gasteiger partial charge is 0.282 e. The van der Waals surface area contributed by atoms with Gasteiger partial charge in [-0.05, 0) is 41.8 Å². The number of azide groups is 2. The van der Waals surface area contributed by atoms with Crippen molar-refractivity contribution < 1.29 is 0 Å². The van der Waals surface area contributed by atoms with Gasteiger partial charge in [0.2, 0.25) is 5.39 Å². The molecular formula is BN17. The summed E-state index contributed by atoms with van der Waals surface area (Å²) < 4.78 is 0. The van der Waals surface area contributed by atoms with Gasteiger partial charge in [-0.3, -0.25) is 20.1 Å². The van der Waals surface area contributed by atoms with Crippen molar-refractivity contribution in [3.63, 3.8) is 0 Å². The summed E-state index contributed by atoms with van der Waals surface area (Å²) in [7, 11) is 0. The normalized spacial score (nSPS) is 9.50. The quantitative estimate of drug-likeness (QED) is 0.176. The lowest BCUT2D eigenvalue weighted by atomic mass is 9.83. The Morgan fingerprint density at radius 1 is 0.667 bits per heavy atom. The molecule has 18 heavy (non-hydrogen) atoms. The minimum Gasteiger partial charge on any atom is -0.282 e. The van der Waals surface area contributed by atoms with E-state index in [1.165, 1.54) is 0 Å². The van der Waals surface area contributed by atoms with Crippen LogP contribution < -0.4 is 0 Å². The van der Waals surface area contributed by atoms with E-state index in [-0.39, 0.29) is 0 Å². The number of rotatable bonds is 4. The van der Waals surface area contributed by atoms with E-state index >= 15 is 0 Å². The van der Waals surface area contributed by atoms with Crippen molar-refractivity contribution in [1.82, 2.24) is 0 Å². The molecule has 0 fully saturated rings. The Bertz CT molecular complexity index is 459. The molecule has 0 aliphatic carbocycles. The molecule has 88 valence electrons. The van der Waals surface area contributed by atoms with Crippen LogP contribution >= 0.6 is 0 Å². The van der Waals surface area contributed by atoms with Crippen molar-refractivity contribution in [2.45, 2.75) is 0 Å². The van der Waals surface area contributed by atoms with Crippen molar-refractivity contribution in [3.8, 4) is 0 Å². The van der Waals surface area contributed by atoms with Gasteiger partial charge in [0.15, 0.2) is 0 Å². The number of hydrogen-bond acceptors (Lipinski definition) is 6. The second kappa shape index (κ2) is 11.1. The molecule has 0 saturated heterocycles. The van der Waals surface area contributed by atoms with Gasteiger partial charge in [0, 0.05) is 5.53 Å². The molecule has 0 amide bonds. The van der Waals surface area contributed by atoms with Gasteiger partial charge >= 0.3 is 17.0 Å². The molecule has 17 nitrogen and oxygen atoms in total. The Kier molecular flexibility index (Phi) is 10.2. The molecule has 0 aromatic heterocycles. The van der Waals surface area contributed by atoms with E-state index in [9.17, 15) is 0 Å². The standard InChI is InChI=1S/BN12.N5/c2-10-6-1(7-11-3,8-12-4)9-13-5;1-3-5-4-2/q-1;+1. The Labute approximate surface area is 95.7 Å². The fourth-order valence-electron chi connectivity index (χ4n) is 0.434. The largest absolute Gasteiger partial charge is 0.374 e. The fraction of sp³-hybridized carbons (Fsp3) is 0. The van der Waals surface area contributed by atoms with Crippen LogP contribution in [0.5, 0.6) is 0 Å². The van der Waals surface area contributed by atoms with Crippen LogP contribution in [-0.2, 0) is 0 Å². The highest BCUT2D eigenvalue weighted by Crippen LogP contribution is 2.12. The molecular weight excluding hydrogens is 249 g/mol. The molecule has 0 saturated carbocycles. The molecule has 0 aliphatic heterocycles. The van der Waals surface area contributed by atoms with Gasteiger partial charge in [0.1, 0.15) is 0 Å². The first-order valence-corrected chi connectivity index (χ1v) is 3.43. The maximum atomic E-state index is 8.01. The predicted octanol–water partition coefficient (Wildman–Crippen LogP) is 3.73. The summed E-state index contributed by atoms with van der Waals surface area (Å²) >= 11 is 0. The van der Waals surface area contributed by atoms with Crippen LogP contribution in [0, 0.1) is 5.39 Å². The first-order chi connectivity index (χ1) is 8.66. The summed E-state index contributed by atoms with van der Waals surface area (Å²) in [6.07, 6.45) is 0. The monoisotopic (exact) mass is 249 g/mol. The summed E-state index contributed by atoms with van der Waals surface area (Å²) in [6, 6.07) is 0. The van der Waals surface area contributed by atoms with Gasteiger partial charge in [-0.1, -0.05) is 0 Å². The summed E-state index contributed by atoms with van der Waals surface area (Å²) in [5.74, 6) is 0. The third-order valence-electron chi connectivity index (χ3n) is 0.906. The minimum absolute atomic E-state index is 2.06. The minimum atomic E-state index is -3.14. The lowest BCUT2D eigenvalue weighted by Crippen LogP contribution is -2.21.